The van der Waals surface area contributed by atoms with Gasteiger partial charge >= 0.3 is 0 Å². The normalized spacial score (nSPS) is 27.7. The highest BCUT2D eigenvalue weighted by Gasteiger charge is 2.52. The molecule has 0 spiro atoms. The molecule has 5 nitrogen and oxygen atoms in total. The van der Waals surface area contributed by atoms with Gasteiger partial charge in [0.15, 0.2) is 0 Å². The van der Waals surface area contributed by atoms with Crippen LogP contribution in [0.1, 0.15) is 44.2 Å². The van der Waals surface area contributed by atoms with Gasteiger partial charge < -0.3 is 0 Å². The molecule has 0 aliphatic carbocycles. The fourth-order valence-corrected chi connectivity index (χ4v) is 5.97. The topological polar surface area (TPSA) is 38.8 Å². The summed E-state index contributed by atoms with van der Waals surface area (Å²) in [5.41, 5.74) is 6.64. The van der Waals surface area contributed by atoms with Crippen molar-refractivity contribution in [3.05, 3.63) is 65.7 Å². The van der Waals surface area contributed by atoms with Gasteiger partial charge in [0.05, 0.1) is 5.69 Å². The highest BCUT2D eigenvalue weighted by molar-refractivity contribution is 5.89. The summed E-state index contributed by atoms with van der Waals surface area (Å²) in [6, 6.07) is 19.5. The molecule has 2 fully saturated rings. The lowest BCUT2D eigenvalue weighted by Crippen LogP contribution is -2.73. The molecular formula is C26H34N4O. The number of para-hydroxylation sites is 1. The lowest BCUT2D eigenvalue weighted by Gasteiger charge is -2.55. The Morgan fingerprint density at radius 1 is 1.06 bits per heavy atom. The number of anilines is 1. The van der Waals surface area contributed by atoms with Crippen molar-refractivity contribution in [2.24, 2.45) is 0 Å². The van der Waals surface area contributed by atoms with Crippen molar-refractivity contribution in [3.8, 4) is 0 Å². The first kappa shape index (κ1) is 20.5. The van der Waals surface area contributed by atoms with Gasteiger partial charge in [0.2, 0.25) is 0 Å². The molecule has 1 N–H and O–H groups in total. The van der Waals surface area contributed by atoms with Gasteiger partial charge in [0, 0.05) is 37.6 Å². The Kier molecular flexibility index (Phi) is 5.06. The van der Waals surface area contributed by atoms with Crippen LogP contribution in [0, 0.1) is 0 Å². The standard InChI is InChI=1S/C26H34N4O/c1-25(2)18-30(23-14-8-7-13-22(23)25)27-24(31)26-15-9-12-21(28(26)3)17-29(19-26)16-20-10-5-4-6-11-20/h4-8,10-11,13-14,21H,9,12,15-19H2,1-3H3,(H,27,31). The molecule has 2 bridgehead atoms. The SMILES string of the molecule is CN1C2CCCC1(C(=O)NN1CC(C)(C)c3ccccc31)CN(Cc1ccccc1)C2. The maximum Gasteiger partial charge on any atom is 0.260 e. The van der Waals surface area contributed by atoms with E-state index in [1.54, 1.807) is 0 Å². The molecule has 5 rings (SSSR count). The van der Waals surface area contributed by atoms with Gasteiger partial charge in [-0.2, -0.15) is 0 Å². The number of nitrogens with zero attached hydrogens (tertiary/aromatic N) is 3. The zero-order chi connectivity index (χ0) is 21.6. The van der Waals surface area contributed by atoms with E-state index in [-0.39, 0.29) is 11.3 Å². The summed E-state index contributed by atoms with van der Waals surface area (Å²) in [4.78, 5) is 18.8. The van der Waals surface area contributed by atoms with Crippen LogP contribution in [-0.4, -0.2) is 54.0 Å². The van der Waals surface area contributed by atoms with E-state index in [0.717, 1.165) is 51.1 Å². The molecule has 3 aliphatic rings. The van der Waals surface area contributed by atoms with E-state index in [9.17, 15) is 4.79 Å². The molecule has 31 heavy (non-hydrogen) atoms. The van der Waals surface area contributed by atoms with E-state index >= 15 is 0 Å². The van der Waals surface area contributed by atoms with Crippen molar-refractivity contribution in [2.45, 2.75) is 56.7 Å². The van der Waals surface area contributed by atoms with Crippen molar-refractivity contribution in [3.63, 3.8) is 0 Å². The molecule has 2 aromatic rings. The third kappa shape index (κ3) is 3.54. The molecule has 0 saturated carbocycles. The van der Waals surface area contributed by atoms with Crippen molar-refractivity contribution in [1.29, 1.82) is 0 Å². The second-order valence-corrected chi connectivity index (χ2v) is 10.3. The zero-order valence-electron chi connectivity index (χ0n) is 19.0. The minimum Gasteiger partial charge on any atom is -0.295 e. The Morgan fingerprint density at radius 3 is 2.61 bits per heavy atom. The van der Waals surface area contributed by atoms with Crippen LogP contribution in [0.3, 0.4) is 0 Å². The van der Waals surface area contributed by atoms with E-state index in [1.165, 1.54) is 11.1 Å². The summed E-state index contributed by atoms with van der Waals surface area (Å²) < 4.78 is 0. The van der Waals surface area contributed by atoms with Crippen LogP contribution in [0.2, 0.25) is 0 Å². The van der Waals surface area contributed by atoms with Crippen LogP contribution in [0.15, 0.2) is 54.6 Å². The molecule has 2 unspecified atom stereocenters. The minimum atomic E-state index is -0.475. The van der Waals surface area contributed by atoms with Gasteiger partial charge in [-0.15, -0.1) is 0 Å². The summed E-state index contributed by atoms with van der Waals surface area (Å²) in [5, 5.41) is 2.08. The third-order valence-corrected chi connectivity index (χ3v) is 7.69. The molecule has 1 amide bonds. The van der Waals surface area contributed by atoms with Crippen molar-refractivity contribution in [2.75, 3.05) is 31.7 Å². The van der Waals surface area contributed by atoms with Gasteiger partial charge in [-0.05, 0) is 43.5 Å². The average molecular weight is 419 g/mol. The smallest absolute Gasteiger partial charge is 0.260 e. The Balaban J connectivity index is 1.39. The van der Waals surface area contributed by atoms with Crippen molar-refractivity contribution < 1.29 is 4.79 Å². The molecule has 2 atom stereocenters. The number of carbonyl (C=O) groups excluding carboxylic acids is 1. The summed E-state index contributed by atoms with van der Waals surface area (Å²) in [5.74, 6) is 0.143. The van der Waals surface area contributed by atoms with E-state index in [2.05, 4.69) is 95.7 Å². The fourth-order valence-electron chi connectivity index (χ4n) is 5.97. The highest BCUT2D eigenvalue weighted by atomic mass is 16.2. The second-order valence-electron chi connectivity index (χ2n) is 10.3. The highest BCUT2D eigenvalue weighted by Crippen LogP contribution is 2.41. The van der Waals surface area contributed by atoms with Crippen LogP contribution in [-0.2, 0) is 16.8 Å². The summed E-state index contributed by atoms with van der Waals surface area (Å²) in [7, 11) is 2.16. The average Bonchev–Trinajstić information content (AvgIpc) is 3.00. The number of nitrogens with one attached hydrogen (secondary N) is 1. The number of hydrogen-bond acceptors (Lipinski definition) is 4. The quantitative estimate of drug-likeness (QED) is 0.824. The Bertz CT molecular complexity index is 959. The molecule has 164 valence electrons. The number of hydrogen-bond donors (Lipinski definition) is 1. The van der Waals surface area contributed by atoms with Crippen molar-refractivity contribution >= 4 is 11.6 Å². The number of hydrazine groups is 1. The van der Waals surface area contributed by atoms with E-state index in [1.807, 2.05) is 0 Å². The Morgan fingerprint density at radius 2 is 1.81 bits per heavy atom. The third-order valence-electron chi connectivity index (χ3n) is 7.69. The number of amides is 1. The maximum absolute atomic E-state index is 13.9. The number of likely N-dealkylation sites (N-methyl/N-ethyl adjacent to an activating group) is 1. The fraction of sp³-hybridized carbons (Fsp3) is 0.500. The monoisotopic (exact) mass is 418 g/mol. The number of rotatable bonds is 4. The van der Waals surface area contributed by atoms with Gasteiger partial charge in [0.25, 0.3) is 5.91 Å². The Labute approximate surface area is 186 Å². The number of piperidine rings is 1. The number of benzene rings is 2. The summed E-state index contributed by atoms with van der Waals surface area (Å²) in [6.07, 6.45) is 3.19. The van der Waals surface area contributed by atoms with E-state index in [0.29, 0.717) is 6.04 Å². The number of likely N-dealkylation sites (tertiary alicyclic amines) is 1. The molecular weight excluding hydrogens is 384 g/mol. The van der Waals surface area contributed by atoms with Gasteiger partial charge in [-0.25, -0.2) is 0 Å². The molecule has 0 radical (unpaired) electrons. The number of carbonyl (C=O) groups is 1. The zero-order valence-corrected chi connectivity index (χ0v) is 19.0. The molecule has 0 aromatic heterocycles. The number of fused-ring (bicyclic) bond motifs is 3. The van der Waals surface area contributed by atoms with Crippen LogP contribution in [0.5, 0.6) is 0 Å². The second kappa shape index (κ2) is 7.64. The molecule has 2 aromatic carbocycles. The van der Waals surface area contributed by atoms with Crippen LogP contribution < -0.4 is 10.4 Å². The number of piperazine rings is 1. The predicted octanol–water partition coefficient (Wildman–Crippen LogP) is 3.55. The largest absolute Gasteiger partial charge is 0.295 e. The van der Waals surface area contributed by atoms with Gasteiger partial charge in [0.1, 0.15) is 5.54 Å². The molecule has 3 heterocycles. The van der Waals surface area contributed by atoms with Crippen LogP contribution >= 0.6 is 0 Å². The minimum absolute atomic E-state index is 0.0223. The Hall–Kier alpha value is -2.37. The van der Waals surface area contributed by atoms with E-state index in [4.69, 9.17) is 0 Å². The van der Waals surface area contributed by atoms with Crippen molar-refractivity contribution in [1.82, 2.24) is 15.2 Å². The summed E-state index contributed by atoms with van der Waals surface area (Å²) in [6.45, 7) is 8.01. The molecule has 5 heteroatoms. The maximum atomic E-state index is 13.9. The van der Waals surface area contributed by atoms with Crippen LogP contribution in [0.25, 0.3) is 0 Å². The van der Waals surface area contributed by atoms with Crippen LogP contribution in [0.4, 0.5) is 5.69 Å². The molecule has 3 aliphatic heterocycles. The van der Waals surface area contributed by atoms with Gasteiger partial charge in [-0.1, -0.05) is 62.4 Å². The first-order valence-corrected chi connectivity index (χ1v) is 11.6. The lowest BCUT2D eigenvalue weighted by molar-refractivity contribution is -0.146. The van der Waals surface area contributed by atoms with E-state index < -0.39 is 5.54 Å². The van der Waals surface area contributed by atoms with Gasteiger partial charge in [-0.3, -0.25) is 25.0 Å². The first-order valence-electron chi connectivity index (χ1n) is 11.6. The predicted molar refractivity (Wildman–Crippen MR) is 125 cm³/mol. The molecule has 2 saturated heterocycles. The first-order chi connectivity index (χ1) is 14.9. The summed E-state index contributed by atoms with van der Waals surface area (Å²) >= 11 is 0. The lowest BCUT2D eigenvalue weighted by atomic mass is 9.79.